The van der Waals surface area contributed by atoms with Gasteiger partial charge in [0.05, 0.1) is 19.2 Å². The lowest BCUT2D eigenvalue weighted by Crippen LogP contribution is -2.41. The van der Waals surface area contributed by atoms with Crippen LogP contribution in [0.1, 0.15) is 36.7 Å². The molecule has 0 heterocycles. The molecule has 0 aliphatic carbocycles. The van der Waals surface area contributed by atoms with Crippen molar-refractivity contribution in [1.82, 2.24) is 5.32 Å². The summed E-state index contributed by atoms with van der Waals surface area (Å²) in [6.07, 6.45) is 0. The first-order valence-electron chi connectivity index (χ1n) is 6.47. The number of nitrogens with one attached hydrogen (secondary N) is 2. The molecule has 1 rings (SSSR count). The molecule has 0 saturated heterocycles. The van der Waals surface area contributed by atoms with Crippen LogP contribution in [0.5, 0.6) is 0 Å². The Kier molecular flexibility index (Phi) is 5.27. The number of methoxy groups -OCH3 is 1. The first-order valence-corrected chi connectivity index (χ1v) is 6.47. The fraction of sp³-hybridized carbons (Fsp3) is 0.467. The van der Waals surface area contributed by atoms with Gasteiger partial charge in [0.2, 0.25) is 5.91 Å². The summed E-state index contributed by atoms with van der Waals surface area (Å²) in [5, 5.41) is 5.90. The largest absolute Gasteiger partial charge is 0.465 e. The molecule has 0 fully saturated rings. The highest BCUT2D eigenvalue weighted by molar-refractivity contribution is 5.97. The van der Waals surface area contributed by atoms with E-state index in [1.54, 1.807) is 25.1 Å². The Bertz CT molecular complexity index is 504. The average molecular weight is 278 g/mol. The number of amides is 1. The van der Waals surface area contributed by atoms with Gasteiger partial charge in [-0.25, -0.2) is 4.79 Å². The van der Waals surface area contributed by atoms with Gasteiger partial charge in [0.15, 0.2) is 0 Å². The summed E-state index contributed by atoms with van der Waals surface area (Å²) in [6, 6.07) is 5.15. The third kappa shape index (κ3) is 4.66. The lowest BCUT2D eigenvalue weighted by Gasteiger charge is -2.20. The third-order valence-electron chi connectivity index (χ3n) is 2.79. The van der Waals surface area contributed by atoms with Crippen molar-refractivity contribution in [2.45, 2.75) is 33.2 Å². The van der Waals surface area contributed by atoms with Crippen LogP contribution in [0, 0.1) is 6.92 Å². The van der Waals surface area contributed by atoms with Gasteiger partial charge < -0.3 is 15.4 Å². The maximum atomic E-state index is 11.9. The number of esters is 1. The molecule has 110 valence electrons. The normalized spacial score (nSPS) is 11.1. The zero-order valence-electron chi connectivity index (χ0n) is 12.7. The van der Waals surface area contributed by atoms with Gasteiger partial charge >= 0.3 is 5.97 Å². The molecule has 0 unspecified atom stereocenters. The van der Waals surface area contributed by atoms with E-state index in [9.17, 15) is 9.59 Å². The van der Waals surface area contributed by atoms with E-state index in [-0.39, 0.29) is 18.0 Å². The Hall–Kier alpha value is -1.88. The molecular formula is C15H22N2O3. The smallest absolute Gasteiger partial charge is 0.338 e. The molecule has 1 aromatic carbocycles. The number of rotatable bonds is 4. The molecule has 0 radical (unpaired) electrons. The molecule has 1 amide bonds. The van der Waals surface area contributed by atoms with Crippen LogP contribution in [0.15, 0.2) is 18.2 Å². The number of carbonyl (C=O) groups excluding carboxylic acids is 2. The Morgan fingerprint density at radius 2 is 1.90 bits per heavy atom. The van der Waals surface area contributed by atoms with E-state index < -0.39 is 5.97 Å². The van der Waals surface area contributed by atoms with E-state index in [4.69, 9.17) is 4.74 Å². The molecule has 0 aliphatic rings. The molecule has 0 atom stereocenters. The van der Waals surface area contributed by atoms with Crippen molar-refractivity contribution in [2.24, 2.45) is 0 Å². The lowest BCUT2D eigenvalue weighted by molar-refractivity contribution is -0.115. The monoisotopic (exact) mass is 278 g/mol. The molecule has 5 nitrogen and oxygen atoms in total. The van der Waals surface area contributed by atoms with Gasteiger partial charge in [-0.05, 0) is 45.4 Å². The maximum Gasteiger partial charge on any atom is 0.338 e. The molecule has 20 heavy (non-hydrogen) atoms. The van der Waals surface area contributed by atoms with E-state index in [2.05, 4.69) is 10.6 Å². The van der Waals surface area contributed by atoms with E-state index in [0.29, 0.717) is 16.8 Å². The summed E-state index contributed by atoms with van der Waals surface area (Å²) >= 11 is 0. The summed E-state index contributed by atoms with van der Waals surface area (Å²) in [6.45, 7) is 7.96. The number of anilines is 1. The molecule has 0 aromatic heterocycles. The van der Waals surface area contributed by atoms with Crippen LogP contribution in [0.25, 0.3) is 0 Å². The Morgan fingerprint density at radius 1 is 1.25 bits per heavy atom. The summed E-state index contributed by atoms with van der Waals surface area (Å²) < 4.78 is 4.71. The molecule has 0 saturated carbocycles. The summed E-state index contributed by atoms with van der Waals surface area (Å²) in [7, 11) is 1.33. The van der Waals surface area contributed by atoms with Crippen LogP contribution in [-0.4, -0.2) is 31.1 Å². The van der Waals surface area contributed by atoms with Gasteiger partial charge in [0, 0.05) is 11.2 Å². The lowest BCUT2D eigenvalue weighted by atomic mass is 10.1. The second kappa shape index (κ2) is 6.52. The first kappa shape index (κ1) is 16.2. The van der Waals surface area contributed by atoms with Crippen LogP contribution >= 0.6 is 0 Å². The molecule has 0 aliphatic heterocycles. The highest BCUT2D eigenvalue weighted by Crippen LogP contribution is 2.19. The number of benzene rings is 1. The van der Waals surface area contributed by atoms with Gasteiger partial charge in [0.1, 0.15) is 0 Å². The van der Waals surface area contributed by atoms with Crippen molar-refractivity contribution in [3.05, 3.63) is 29.3 Å². The minimum absolute atomic E-state index is 0.125. The summed E-state index contributed by atoms with van der Waals surface area (Å²) in [4.78, 5) is 23.5. The van der Waals surface area contributed by atoms with E-state index in [1.807, 2.05) is 20.8 Å². The van der Waals surface area contributed by atoms with Crippen molar-refractivity contribution >= 4 is 17.6 Å². The fourth-order valence-corrected chi connectivity index (χ4v) is 1.64. The molecule has 5 heteroatoms. The van der Waals surface area contributed by atoms with Gasteiger partial charge in [-0.3, -0.25) is 4.79 Å². The number of hydrogen-bond donors (Lipinski definition) is 2. The Morgan fingerprint density at radius 3 is 2.45 bits per heavy atom. The van der Waals surface area contributed by atoms with Crippen LogP contribution in [0.4, 0.5) is 5.69 Å². The SMILES string of the molecule is COC(=O)c1cccc(NC(=O)CNC(C)(C)C)c1C. The topological polar surface area (TPSA) is 67.4 Å². The third-order valence-corrected chi connectivity index (χ3v) is 2.79. The minimum Gasteiger partial charge on any atom is -0.465 e. The number of carbonyl (C=O) groups is 2. The van der Waals surface area contributed by atoms with E-state index in [1.165, 1.54) is 7.11 Å². The molecule has 0 spiro atoms. The van der Waals surface area contributed by atoms with Crippen LogP contribution in [0.3, 0.4) is 0 Å². The van der Waals surface area contributed by atoms with Crippen LogP contribution in [-0.2, 0) is 9.53 Å². The predicted molar refractivity (Wildman–Crippen MR) is 78.9 cm³/mol. The van der Waals surface area contributed by atoms with E-state index >= 15 is 0 Å². The minimum atomic E-state index is -0.411. The van der Waals surface area contributed by atoms with E-state index in [0.717, 1.165) is 0 Å². The quantitative estimate of drug-likeness (QED) is 0.828. The second-order valence-electron chi connectivity index (χ2n) is 5.62. The van der Waals surface area contributed by atoms with Crippen molar-refractivity contribution < 1.29 is 14.3 Å². The van der Waals surface area contributed by atoms with Crippen LogP contribution < -0.4 is 10.6 Å². The number of ether oxygens (including phenoxy) is 1. The van der Waals surface area contributed by atoms with Crippen molar-refractivity contribution in [3.8, 4) is 0 Å². The van der Waals surface area contributed by atoms with Crippen molar-refractivity contribution in [1.29, 1.82) is 0 Å². The van der Waals surface area contributed by atoms with Crippen molar-refractivity contribution in [3.63, 3.8) is 0 Å². The standard InChI is InChI=1S/C15H22N2O3/c1-10-11(14(19)20-5)7-6-8-12(10)17-13(18)9-16-15(2,3)4/h6-8,16H,9H2,1-5H3,(H,17,18). The Balaban J connectivity index is 2.78. The number of hydrogen-bond acceptors (Lipinski definition) is 4. The van der Waals surface area contributed by atoms with Gasteiger partial charge in [-0.2, -0.15) is 0 Å². The second-order valence-corrected chi connectivity index (χ2v) is 5.62. The molecule has 0 bridgehead atoms. The summed E-state index contributed by atoms with van der Waals surface area (Å²) in [5.41, 5.74) is 1.64. The first-order chi connectivity index (χ1) is 9.24. The molecule has 1 aromatic rings. The maximum absolute atomic E-state index is 11.9. The Labute approximate surface area is 119 Å². The summed E-state index contributed by atoms with van der Waals surface area (Å²) in [5.74, 6) is -0.559. The fourth-order valence-electron chi connectivity index (χ4n) is 1.64. The highest BCUT2D eigenvalue weighted by Gasteiger charge is 2.15. The zero-order valence-corrected chi connectivity index (χ0v) is 12.7. The van der Waals surface area contributed by atoms with Gasteiger partial charge in [0.25, 0.3) is 0 Å². The highest BCUT2D eigenvalue weighted by atomic mass is 16.5. The average Bonchev–Trinajstić information content (AvgIpc) is 2.37. The predicted octanol–water partition coefficient (Wildman–Crippen LogP) is 2.11. The van der Waals surface area contributed by atoms with Gasteiger partial charge in [-0.1, -0.05) is 6.07 Å². The van der Waals surface area contributed by atoms with Crippen LogP contribution in [0.2, 0.25) is 0 Å². The van der Waals surface area contributed by atoms with Crippen molar-refractivity contribution in [2.75, 3.05) is 19.0 Å². The zero-order chi connectivity index (χ0) is 15.3. The molecule has 2 N–H and O–H groups in total. The molecular weight excluding hydrogens is 256 g/mol. The van der Waals surface area contributed by atoms with Gasteiger partial charge in [-0.15, -0.1) is 0 Å².